The van der Waals surface area contributed by atoms with Crippen LogP contribution in [-0.4, -0.2) is 22.8 Å². The molecule has 0 atom stereocenters. The van der Waals surface area contributed by atoms with Crippen molar-refractivity contribution in [1.29, 1.82) is 0 Å². The fraction of sp³-hybridized carbons (Fsp3) is 0.167. The number of nitrogens with zero attached hydrogens (tertiary/aromatic N) is 2. The number of nitrogens with one attached hydrogen (secondary N) is 1. The second-order valence-electron chi connectivity index (χ2n) is 5.63. The lowest BCUT2D eigenvalue weighted by Gasteiger charge is -2.08. The Kier molecular flexibility index (Phi) is 5.00. The third-order valence-electron chi connectivity index (χ3n) is 3.43. The summed E-state index contributed by atoms with van der Waals surface area (Å²) in [6.45, 7) is 3.80. The lowest BCUT2D eigenvalue weighted by atomic mass is 10.1. The Morgan fingerprint density at radius 1 is 1.12 bits per heavy atom. The van der Waals surface area contributed by atoms with E-state index in [-0.39, 0.29) is 18.3 Å². The number of aryl methyl sites for hydroxylation is 2. The molecule has 0 saturated heterocycles. The number of carbonyl (C=O) groups is 1. The van der Waals surface area contributed by atoms with E-state index in [2.05, 4.69) is 15.6 Å². The summed E-state index contributed by atoms with van der Waals surface area (Å²) in [6.07, 6.45) is 0. The quantitative estimate of drug-likeness (QED) is 0.746. The number of benzene rings is 2. The zero-order valence-electron chi connectivity index (χ0n) is 13.7. The van der Waals surface area contributed by atoms with E-state index in [1.807, 2.05) is 32.0 Å². The molecule has 0 fully saturated rings. The molecule has 1 heterocycles. The van der Waals surface area contributed by atoms with Gasteiger partial charge in [-0.05, 0) is 59.6 Å². The molecule has 3 aromatic rings. The topological polar surface area (TPSA) is 77.2 Å². The lowest BCUT2D eigenvalue weighted by molar-refractivity contribution is -0.118. The molecule has 0 aliphatic heterocycles. The summed E-state index contributed by atoms with van der Waals surface area (Å²) in [5, 5.41) is 10.8. The first kappa shape index (κ1) is 17.0. The minimum absolute atomic E-state index is 0.143. The van der Waals surface area contributed by atoms with Crippen LogP contribution in [0.3, 0.4) is 0 Å². The fourth-order valence-corrected chi connectivity index (χ4v) is 2.53. The number of carbonyl (C=O) groups excluding carboxylic acids is 1. The third-order valence-corrected chi connectivity index (χ3v) is 3.68. The summed E-state index contributed by atoms with van der Waals surface area (Å²) in [5.41, 5.74) is 3.30. The molecule has 1 amide bonds. The second kappa shape index (κ2) is 7.36. The molecule has 0 unspecified atom stereocenters. The lowest BCUT2D eigenvalue weighted by Crippen LogP contribution is -2.20. The molecule has 1 N–H and O–H groups in total. The van der Waals surface area contributed by atoms with Crippen LogP contribution in [0.5, 0.6) is 5.75 Å². The highest BCUT2D eigenvalue weighted by Crippen LogP contribution is 2.25. The fourth-order valence-electron chi connectivity index (χ4n) is 2.40. The van der Waals surface area contributed by atoms with Gasteiger partial charge in [-0.1, -0.05) is 29.8 Å². The van der Waals surface area contributed by atoms with Gasteiger partial charge >= 0.3 is 0 Å². The first-order chi connectivity index (χ1) is 12.0. The highest BCUT2D eigenvalue weighted by atomic mass is 35.5. The minimum Gasteiger partial charge on any atom is -0.484 e. The van der Waals surface area contributed by atoms with Crippen LogP contribution in [0.15, 0.2) is 47.1 Å². The van der Waals surface area contributed by atoms with Gasteiger partial charge in [0.15, 0.2) is 12.3 Å². The van der Waals surface area contributed by atoms with Crippen LogP contribution in [0.1, 0.15) is 11.1 Å². The molecule has 7 heteroatoms. The Labute approximate surface area is 149 Å². The second-order valence-corrected chi connectivity index (χ2v) is 6.07. The van der Waals surface area contributed by atoms with Gasteiger partial charge < -0.3 is 10.1 Å². The zero-order valence-corrected chi connectivity index (χ0v) is 14.5. The predicted octanol–water partition coefficient (Wildman–Crippen LogP) is 4.02. The maximum atomic E-state index is 12.1. The minimum atomic E-state index is -0.356. The van der Waals surface area contributed by atoms with Gasteiger partial charge in [0, 0.05) is 10.6 Å². The van der Waals surface area contributed by atoms with Crippen molar-refractivity contribution in [3.05, 3.63) is 58.6 Å². The number of rotatable bonds is 5. The van der Waals surface area contributed by atoms with Gasteiger partial charge in [0.25, 0.3) is 5.91 Å². The van der Waals surface area contributed by atoms with Gasteiger partial charge in [0.2, 0.25) is 5.82 Å². The molecule has 0 spiro atoms. The van der Waals surface area contributed by atoms with E-state index in [4.69, 9.17) is 21.0 Å². The van der Waals surface area contributed by atoms with Gasteiger partial charge in [-0.15, -0.1) is 0 Å². The number of halogens is 1. The summed E-state index contributed by atoms with van der Waals surface area (Å²) >= 11 is 5.87. The molecule has 6 nitrogen and oxygen atoms in total. The Morgan fingerprint density at radius 2 is 1.80 bits per heavy atom. The molecule has 25 heavy (non-hydrogen) atoms. The molecule has 1 aromatic heterocycles. The van der Waals surface area contributed by atoms with Crippen LogP contribution in [0, 0.1) is 13.8 Å². The molecular weight excluding hydrogens is 342 g/mol. The number of amides is 1. The maximum Gasteiger partial charge on any atom is 0.263 e. The highest BCUT2D eigenvalue weighted by molar-refractivity contribution is 6.30. The van der Waals surface area contributed by atoms with Gasteiger partial charge in [-0.2, -0.15) is 0 Å². The van der Waals surface area contributed by atoms with Crippen molar-refractivity contribution in [3.63, 3.8) is 0 Å². The van der Waals surface area contributed by atoms with Crippen molar-refractivity contribution in [2.45, 2.75) is 13.8 Å². The van der Waals surface area contributed by atoms with Crippen molar-refractivity contribution in [3.8, 4) is 17.0 Å². The highest BCUT2D eigenvalue weighted by Gasteiger charge is 2.15. The number of anilines is 1. The monoisotopic (exact) mass is 357 g/mol. The molecular formula is C18H16ClN3O3. The van der Waals surface area contributed by atoms with Crippen molar-refractivity contribution < 1.29 is 14.2 Å². The molecule has 0 bridgehead atoms. The van der Waals surface area contributed by atoms with Gasteiger partial charge in [-0.3, -0.25) is 4.79 Å². The molecule has 3 rings (SSSR count). The smallest absolute Gasteiger partial charge is 0.263 e. The van der Waals surface area contributed by atoms with Crippen molar-refractivity contribution >= 4 is 23.3 Å². The van der Waals surface area contributed by atoms with Crippen LogP contribution in [-0.2, 0) is 4.79 Å². The SMILES string of the molecule is Cc1cc(C)cc(OCC(=O)Nc2nonc2-c2ccc(Cl)cc2)c1. The molecule has 2 aromatic carbocycles. The first-order valence-corrected chi connectivity index (χ1v) is 7.98. The zero-order chi connectivity index (χ0) is 17.8. The average Bonchev–Trinajstić information content (AvgIpc) is 3.01. The Morgan fingerprint density at radius 3 is 2.48 bits per heavy atom. The summed E-state index contributed by atoms with van der Waals surface area (Å²) in [7, 11) is 0. The molecule has 128 valence electrons. The predicted molar refractivity (Wildman–Crippen MR) is 94.8 cm³/mol. The molecule has 0 aliphatic carbocycles. The summed E-state index contributed by atoms with van der Waals surface area (Å²) in [5.74, 6) is 0.519. The van der Waals surface area contributed by atoms with Gasteiger partial charge in [0.05, 0.1) is 0 Å². The number of aromatic nitrogens is 2. The molecule has 0 radical (unpaired) electrons. The van der Waals surface area contributed by atoms with Gasteiger partial charge in [0.1, 0.15) is 5.75 Å². The summed E-state index contributed by atoms with van der Waals surface area (Å²) < 4.78 is 10.3. The third kappa shape index (κ3) is 4.36. The molecule has 0 saturated carbocycles. The Hall–Kier alpha value is -2.86. The van der Waals surface area contributed by atoms with Crippen LogP contribution in [0.4, 0.5) is 5.82 Å². The number of ether oxygens (including phenoxy) is 1. The first-order valence-electron chi connectivity index (χ1n) is 7.61. The summed E-state index contributed by atoms with van der Waals surface area (Å²) in [4.78, 5) is 12.1. The van der Waals surface area contributed by atoms with E-state index in [1.165, 1.54) is 0 Å². The van der Waals surface area contributed by atoms with Crippen LogP contribution in [0.25, 0.3) is 11.3 Å². The standard InChI is InChI=1S/C18H16ClN3O3/c1-11-7-12(2)9-15(8-11)24-10-16(23)20-18-17(21-25-22-18)13-3-5-14(19)6-4-13/h3-9H,10H2,1-2H3,(H,20,22,23). The number of hydrogen-bond donors (Lipinski definition) is 1. The van der Waals surface area contributed by atoms with Crippen LogP contribution < -0.4 is 10.1 Å². The van der Waals surface area contributed by atoms with E-state index >= 15 is 0 Å². The van der Waals surface area contributed by atoms with Crippen molar-refractivity contribution in [1.82, 2.24) is 10.3 Å². The average molecular weight is 358 g/mol. The summed E-state index contributed by atoms with van der Waals surface area (Å²) in [6, 6.07) is 12.8. The van der Waals surface area contributed by atoms with Crippen LogP contribution >= 0.6 is 11.6 Å². The van der Waals surface area contributed by atoms with Crippen molar-refractivity contribution in [2.24, 2.45) is 0 Å². The Bertz CT molecular complexity index is 871. The van der Waals surface area contributed by atoms with E-state index in [0.717, 1.165) is 16.7 Å². The van der Waals surface area contributed by atoms with Gasteiger partial charge in [-0.25, -0.2) is 4.63 Å². The molecule has 0 aliphatic rings. The van der Waals surface area contributed by atoms with Crippen LogP contribution in [0.2, 0.25) is 5.02 Å². The maximum absolute atomic E-state index is 12.1. The Balaban J connectivity index is 1.66. The number of hydrogen-bond acceptors (Lipinski definition) is 5. The largest absolute Gasteiger partial charge is 0.484 e. The van der Waals surface area contributed by atoms with E-state index < -0.39 is 0 Å². The van der Waals surface area contributed by atoms with Crippen molar-refractivity contribution in [2.75, 3.05) is 11.9 Å². The van der Waals surface area contributed by atoms with E-state index in [9.17, 15) is 4.79 Å². The van der Waals surface area contributed by atoms with E-state index in [1.54, 1.807) is 24.3 Å². The van der Waals surface area contributed by atoms with E-state index in [0.29, 0.717) is 16.5 Å². The normalized spacial score (nSPS) is 10.5.